The summed E-state index contributed by atoms with van der Waals surface area (Å²) in [5, 5.41) is 16.0. The molecule has 4 N–H and O–H groups in total. The van der Waals surface area contributed by atoms with Crippen LogP contribution in [0, 0.1) is 0 Å². The number of anilines is 2. The van der Waals surface area contributed by atoms with Crippen LogP contribution >= 0.6 is 35.0 Å². The van der Waals surface area contributed by atoms with Gasteiger partial charge in [-0.05, 0) is 36.1 Å². The average Bonchev–Trinajstić information content (AvgIpc) is 3.14. The molecule has 0 aliphatic carbocycles. The number of benzene rings is 2. The SMILES string of the molecule is CCC(C)c1ccc(NC(=O)CSc2nnc(N/N=C/c3cccc(Cl)c3Cl)n2N)cc1. The Kier molecular flexibility index (Phi) is 8.38. The van der Waals surface area contributed by atoms with Gasteiger partial charge in [0, 0.05) is 11.3 Å². The summed E-state index contributed by atoms with van der Waals surface area (Å²) in [6.45, 7) is 4.32. The molecule has 3 aromatic rings. The van der Waals surface area contributed by atoms with Gasteiger partial charge in [0.15, 0.2) is 0 Å². The van der Waals surface area contributed by atoms with Gasteiger partial charge in [-0.2, -0.15) is 5.10 Å². The van der Waals surface area contributed by atoms with Crippen molar-refractivity contribution in [3.05, 3.63) is 63.6 Å². The molecule has 0 radical (unpaired) electrons. The normalized spacial score (nSPS) is 12.1. The molecule has 0 saturated heterocycles. The number of carbonyl (C=O) groups is 1. The molecule has 32 heavy (non-hydrogen) atoms. The third-order valence-electron chi connectivity index (χ3n) is 4.72. The molecule has 1 heterocycles. The summed E-state index contributed by atoms with van der Waals surface area (Å²) in [6, 6.07) is 13.1. The number of thioether (sulfide) groups is 1. The standard InChI is InChI=1S/C21H23Cl2N7OS/c1-3-13(2)14-7-9-16(10-8-14)26-18(31)12-32-21-29-28-20(30(21)24)27-25-11-15-5-4-6-17(22)19(15)23/h4-11,13H,3,12,24H2,1-2H3,(H,26,31)(H,27,28)/b25-11+. The number of hydrazone groups is 1. The summed E-state index contributed by atoms with van der Waals surface area (Å²) in [7, 11) is 0. The molecule has 2 aromatic carbocycles. The van der Waals surface area contributed by atoms with Gasteiger partial charge in [-0.25, -0.2) is 10.1 Å². The van der Waals surface area contributed by atoms with E-state index in [2.05, 4.69) is 39.9 Å². The van der Waals surface area contributed by atoms with Gasteiger partial charge in [0.2, 0.25) is 11.1 Å². The Balaban J connectivity index is 1.52. The molecule has 11 heteroatoms. The molecule has 0 bridgehead atoms. The number of hydrogen-bond acceptors (Lipinski definition) is 7. The Morgan fingerprint density at radius 3 is 2.72 bits per heavy atom. The van der Waals surface area contributed by atoms with Crippen molar-refractivity contribution in [1.82, 2.24) is 14.9 Å². The Hall–Kier alpha value is -2.75. The summed E-state index contributed by atoms with van der Waals surface area (Å²) in [5.74, 6) is 6.65. The molecule has 1 atom stereocenters. The third kappa shape index (κ3) is 6.15. The lowest BCUT2D eigenvalue weighted by atomic mass is 9.99. The Bertz CT molecular complexity index is 1100. The van der Waals surface area contributed by atoms with Crippen molar-refractivity contribution >= 4 is 58.7 Å². The Morgan fingerprint density at radius 1 is 1.25 bits per heavy atom. The van der Waals surface area contributed by atoms with Crippen LogP contribution in [0.5, 0.6) is 0 Å². The maximum Gasteiger partial charge on any atom is 0.264 e. The van der Waals surface area contributed by atoms with Gasteiger partial charge in [-0.1, -0.05) is 73.1 Å². The topological polar surface area (TPSA) is 110 Å². The largest absolute Gasteiger partial charge is 0.334 e. The van der Waals surface area contributed by atoms with E-state index >= 15 is 0 Å². The first-order valence-electron chi connectivity index (χ1n) is 9.85. The van der Waals surface area contributed by atoms with Gasteiger partial charge in [0.1, 0.15) is 0 Å². The molecule has 0 fully saturated rings. The fourth-order valence-electron chi connectivity index (χ4n) is 2.69. The first-order valence-corrected chi connectivity index (χ1v) is 11.6. The van der Waals surface area contributed by atoms with Gasteiger partial charge < -0.3 is 11.2 Å². The highest BCUT2D eigenvalue weighted by Crippen LogP contribution is 2.24. The number of nitrogens with zero attached hydrogens (tertiary/aromatic N) is 4. The van der Waals surface area contributed by atoms with Crippen molar-refractivity contribution in [1.29, 1.82) is 0 Å². The molecule has 1 aromatic heterocycles. The number of rotatable bonds is 9. The zero-order valence-corrected chi connectivity index (χ0v) is 19.9. The molecule has 1 unspecified atom stereocenters. The van der Waals surface area contributed by atoms with E-state index in [9.17, 15) is 4.79 Å². The molecular weight excluding hydrogens is 469 g/mol. The van der Waals surface area contributed by atoms with Crippen molar-refractivity contribution in [2.24, 2.45) is 5.10 Å². The average molecular weight is 492 g/mol. The van der Waals surface area contributed by atoms with Gasteiger partial charge >= 0.3 is 0 Å². The number of halogens is 2. The maximum atomic E-state index is 12.3. The molecule has 168 valence electrons. The smallest absolute Gasteiger partial charge is 0.264 e. The molecule has 0 spiro atoms. The minimum atomic E-state index is -0.169. The molecule has 1 amide bonds. The van der Waals surface area contributed by atoms with Crippen LogP contribution in [0.2, 0.25) is 10.0 Å². The molecular formula is C21H23Cl2N7OS. The van der Waals surface area contributed by atoms with Gasteiger partial charge in [0.25, 0.3) is 5.95 Å². The van der Waals surface area contributed by atoms with Crippen molar-refractivity contribution in [2.45, 2.75) is 31.3 Å². The number of carbonyl (C=O) groups excluding carboxylic acids is 1. The summed E-state index contributed by atoms with van der Waals surface area (Å²) >= 11 is 13.3. The Labute approximate surface area is 200 Å². The lowest BCUT2D eigenvalue weighted by molar-refractivity contribution is -0.113. The van der Waals surface area contributed by atoms with Crippen LogP contribution in [-0.4, -0.2) is 32.7 Å². The van der Waals surface area contributed by atoms with Crippen molar-refractivity contribution in [3.63, 3.8) is 0 Å². The van der Waals surface area contributed by atoms with Crippen LogP contribution in [-0.2, 0) is 4.79 Å². The third-order valence-corrected chi connectivity index (χ3v) is 6.50. The quantitative estimate of drug-likeness (QED) is 0.168. The number of nitrogens with two attached hydrogens (primary N) is 1. The van der Waals surface area contributed by atoms with Crippen molar-refractivity contribution < 1.29 is 4.79 Å². The summed E-state index contributed by atoms with van der Waals surface area (Å²) in [6.07, 6.45) is 2.56. The first kappa shape index (κ1) is 23.9. The summed E-state index contributed by atoms with van der Waals surface area (Å²) in [5.41, 5.74) is 5.32. The highest BCUT2D eigenvalue weighted by molar-refractivity contribution is 7.99. The number of aromatic nitrogens is 3. The van der Waals surface area contributed by atoms with E-state index < -0.39 is 0 Å². The second-order valence-electron chi connectivity index (χ2n) is 6.96. The predicted octanol–water partition coefficient (Wildman–Crippen LogP) is 4.99. The van der Waals surface area contributed by atoms with Crippen molar-refractivity contribution in [2.75, 3.05) is 22.3 Å². The molecule has 0 aliphatic heterocycles. The maximum absolute atomic E-state index is 12.3. The second-order valence-corrected chi connectivity index (χ2v) is 8.69. The van der Waals surface area contributed by atoms with Crippen molar-refractivity contribution in [3.8, 4) is 0 Å². The molecule has 3 rings (SSSR count). The van der Waals surface area contributed by atoms with Crippen LogP contribution < -0.4 is 16.6 Å². The van der Waals surface area contributed by atoms with E-state index in [1.165, 1.54) is 16.5 Å². The highest BCUT2D eigenvalue weighted by Gasteiger charge is 2.12. The molecule has 8 nitrogen and oxygen atoms in total. The summed E-state index contributed by atoms with van der Waals surface area (Å²) in [4.78, 5) is 12.3. The highest BCUT2D eigenvalue weighted by atomic mass is 35.5. The predicted molar refractivity (Wildman–Crippen MR) is 132 cm³/mol. The minimum absolute atomic E-state index is 0.129. The Morgan fingerprint density at radius 2 is 2.00 bits per heavy atom. The monoisotopic (exact) mass is 491 g/mol. The summed E-state index contributed by atoms with van der Waals surface area (Å²) < 4.78 is 1.22. The fourth-order valence-corrected chi connectivity index (χ4v) is 3.70. The van der Waals surface area contributed by atoms with E-state index in [4.69, 9.17) is 29.0 Å². The first-order chi connectivity index (χ1) is 15.4. The zero-order chi connectivity index (χ0) is 23.1. The van der Waals surface area contributed by atoms with Crippen LogP contribution in [0.1, 0.15) is 37.3 Å². The van der Waals surface area contributed by atoms with Gasteiger partial charge in [0.05, 0.1) is 22.0 Å². The van der Waals surface area contributed by atoms with E-state index in [1.54, 1.807) is 18.2 Å². The second kappa shape index (κ2) is 11.2. The van der Waals surface area contributed by atoms with E-state index in [-0.39, 0.29) is 17.6 Å². The van der Waals surface area contributed by atoms with E-state index in [1.807, 2.05) is 24.3 Å². The van der Waals surface area contributed by atoms with E-state index in [0.717, 1.165) is 23.9 Å². The number of amides is 1. The van der Waals surface area contributed by atoms with Gasteiger partial charge in [-0.15, -0.1) is 10.2 Å². The lowest BCUT2D eigenvalue weighted by Crippen LogP contribution is -2.17. The fraction of sp³-hybridized carbons (Fsp3) is 0.238. The van der Waals surface area contributed by atoms with E-state index in [0.29, 0.717) is 26.7 Å². The molecule has 0 aliphatic rings. The van der Waals surface area contributed by atoms with Crippen LogP contribution in [0.15, 0.2) is 52.7 Å². The minimum Gasteiger partial charge on any atom is -0.334 e. The zero-order valence-electron chi connectivity index (χ0n) is 17.5. The number of nitrogen functional groups attached to an aromatic ring is 1. The number of hydrogen-bond donors (Lipinski definition) is 3. The number of nitrogens with one attached hydrogen (secondary N) is 2. The van der Waals surface area contributed by atoms with Crippen LogP contribution in [0.25, 0.3) is 0 Å². The van der Waals surface area contributed by atoms with Gasteiger partial charge in [-0.3, -0.25) is 4.79 Å². The van der Waals surface area contributed by atoms with Crippen LogP contribution in [0.4, 0.5) is 11.6 Å². The van der Waals surface area contributed by atoms with Crippen LogP contribution in [0.3, 0.4) is 0 Å². The molecule has 0 saturated carbocycles. The lowest BCUT2D eigenvalue weighted by Gasteiger charge is -2.10.